The van der Waals surface area contributed by atoms with Gasteiger partial charge in [0.05, 0.1) is 6.61 Å². The maximum atomic E-state index is 5.75. The molecule has 1 heterocycles. The number of ether oxygens (including phenoxy) is 1. The van der Waals surface area contributed by atoms with E-state index < -0.39 is 0 Å². The molecule has 2 rings (SSSR count). The predicted molar refractivity (Wildman–Crippen MR) is 79.2 cm³/mol. The van der Waals surface area contributed by atoms with Crippen LogP contribution in [0.5, 0.6) is 0 Å². The molecule has 0 bridgehead atoms. The zero-order valence-electron chi connectivity index (χ0n) is 10.9. The maximum Gasteiger partial charge on any atom is 0.111 e. The van der Waals surface area contributed by atoms with Crippen LogP contribution < -0.4 is 5.73 Å². The molecule has 1 aromatic heterocycles. The van der Waals surface area contributed by atoms with E-state index in [4.69, 9.17) is 22.7 Å². The van der Waals surface area contributed by atoms with Crippen LogP contribution >= 0.6 is 12.2 Å². The van der Waals surface area contributed by atoms with E-state index in [0.717, 1.165) is 23.4 Å². The van der Waals surface area contributed by atoms with Crippen molar-refractivity contribution in [3.05, 3.63) is 53.6 Å². The van der Waals surface area contributed by atoms with Crippen LogP contribution in [0.2, 0.25) is 0 Å². The van der Waals surface area contributed by atoms with Crippen LogP contribution in [0.4, 0.5) is 0 Å². The van der Waals surface area contributed by atoms with Crippen molar-refractivity contribution >= 4 is 17.2 Å². The normalized spacial score (nSPS) is 10.6. The zero-order valence-corrected chi connectivity index (χ0v) is 11.7. The van der Waals surface area contributed by atoms with Crippen molar-refractivity contribution in [3.63, 3.8) is 0 Å². The molecule has 2 N–H and O–H groups in total. The lowest BCUT2D eigenvalue weighted by molar-refractivity contribution is 0.199. The van der Waals surface area contributed by atoms with Crippen LogP contribution in [-0.4, -0.2) is 28.3 Å². The van der Waals surface area contributed by atoms with Crippen LogP contribution in [0.25, 0.3) is 0 Å². The fourth-order valence-corrected chi connectivity index (χ4v) is 2.19. The van der Waals surface area contributed by atoms with Gasteiger partial charge in [-0.25, -0.2) is 4.98 Å². The lowest BCUT2D eigenvalue weighted by atomic mass is 10.1. The first-order valence-corrected chi connectivity index (χ1v) is 6.50. The summed E-state index contributed by atoms with van der Waals surface area (Å²) in [5, 5.41) is 0. The molecule has 0 amide bonds. The quantitative estimate of drug-likeness (QED) is 0.816. The summed E-state index contributed by atoms with van der Waals surface area (Å²) in [4.78, 5) is 4.77. The Morgan fingerprint density at radius 2 is 2.21 bits per heavy atom. The van der Waals surface area contributed by atoms with E-state index in [9.17, 15) is 0 Å². The second kappa shape index (κ2) is 6.45. The first kappa shape index (κ1) is 13.7. The van der Waals surface area contributed by atoms with Gasteiger partial charge in [-0.15, -0.1) is 0 Å². The van der Waals surface area contributed by atoms with Gasteiger partial charge in [0.15, 0.2) is 0 Å². The van der Waals surface area contributed by atoms with Crippen LogP contribution in [0.1, 0.15) is 17.0 Å². The Bertz CT molecular complexity index is 565. The number of aromatic nitrogens is 2. The summed E-state index contributed by atoms with van der Waals surface area (Å²) >= 11 is 5.08. The molecule has 0 spiro atoms. The van der Waals surface area contributed by atoms with Crippen molar-refractivity contribution in [1.29, 1.82) is 0 Å². The molecule has 4 nitrogen and oxygen atoms in total. The number of rotatable bonds is 6. The topological polar surface area (TPSA) is 53.1 Å². The van der Waals surface area contributed by atoms with Crippen molar-refractivity contribution < 1.29 is 4.74 Å². The van der Waals surface area contributed by atoms with Crippen LogP contribution in [0.3, 0.4) is 0 Å². The average Bonchev–Trinajstić information content (AvgIpc) is 2.84. The van der Waals surface area contributed by atoms with Gasteiger partial charge in [-0.3, -0.25) is 0 Å². The van der Waals surface area contributed by atoms with E-state index in [1.165, 1.54) is 0 Å². The van der Waals surface area contributed by atoms with Gasteiger partial charge in [0.2, 0.25) is 0 Å². The molecule has 0 aliphatic rings. The molecule has 0 saturated carbocycles. The third-order valence-electron chi connectivity index (χ3n) is 2.96. The summed E-state index contributed by atoms with van der Waals surface area (Å²) in [5.74, 6) is 1.000. The predicted octanol–water partition coefficient (Wildman–Crippen LogP) is 1.75. The highest BCUT2D eigenvalue weighted by Gasteiger charge is 2.08. The monoisotopic (exact) mass is 275 g/mol. The molecule has 0 aliphatic carbocycles. The van der Waals surface area contributed by atoms with Crippen molar-refractivity contribution in [2.75, 3.05) is 13.7 Å². The Morgan fingerprint density at radius 3 is 2.95 bits per heavy atom. The van der Waals surface area contributed by atoms with E-state index in [-0.39, 0.29) is 0 Å². The van der Waals surface area contributed by atoms with Gasteiger partial charge in [-0.1, -0.05) is 36.5 Å². The fraction of sp³-hybridized carbons (Fsp3) is 0.286. The van der Waals surface area contributed by atoms with Gasteiger partial charge in [-0.2, -0.15) is 0 Å². The van der Waals surface area contributed by atoms with Crippen LogP contribution in [0, 0.1) is 0 Å². The Kier molecular flexibility index (Phi) is 4.65. The third-order valence-corrected chi connectivity index (χ3v) is 3.17. The number of hydrogen-bond acceptors (Lipinski definition) is 3. The average molecular weight is 275 g/mol. The third kappa shape index (κ3) is 3.39. The number of nitrogens with two attached hydrogens (primary N) is 1. The number of thiocarbonyl (C=S) groups is 1. The van der Waals surface area contributed by atoms with Gasteiger partial charge < -0.3 is 15.0 Å². The lowest BCUT2D eigenvalue weighted by Crippen LogP contribution is -2.15. The molecular weight excluding hydrogens is 258 g/mol. The molecule has 1 aromatic carbocycles. The standard InChI is InChI=1S/C14H17N3OS/c1-18-9-6-13-16-7-8-17(13)10-11-4-2-3-5-12(11)14(15)19/h2-5,7-8H,6,9-10H2,1H3,(H2,15,19). The molecule has 2 aromatic rings. The van der Waals surface area contributed by atoms with Gasteiger partial charge >= 0.3 is 0 Å². The summed E-state index contributed by atoms with van der Waals surface area (Å²) in [6.45, 7) is 1.38. The maximum absolute atomic E-state index is 5.75. The van der Waals surface area contributed by atoms with Crippen molar-refractivity contribution in [1.82, 2.24) is 9.55 Å². The second-order valence-electron chi connectivity index (χ2n) is 4.24. The van der Waals surface area contributed by atoms with E-state index >= 15 is 0 Å². The summed E-state index contributed by atoms with van der Waals surface area (Å²) in [5.41, 5.74) is 7.77. The Labute approximate surface area is 118 Å². The minimum absolute atomic E-state index is 0.425. The first-order chi connectivity index (χ1) is 9.22. The van der Waals surface area contributed by atoms with Gasteiger partial charge in [0.1, 0.15) is 10.8 Å². The molecule has 0 unspecified atom stereocenters. The molecule has 5 heteroatoms. The van der Waals surface area contributed by atoms with E-state index in [0.29, 0.717) is 18.1 Å². The smallest absolute Gasteiger partial charge is 0.111 e. The van der Waals surface area contributed by atoms with E-state index in [1.54, 1.807) is 13.3 Å². The molecule has 0 fully saturated rings. The zero-order chi connectivity index (χ0) is 13.7. The molecule has 100 valence electrons. The molecule has 19 heavy (non-hydrogen) atoms. The minimum atomic E-state index is 0.425. The summed E-state index contributed by atoms with van der Waals surface area (Å²) in [6.07, 6.45) is 4.55. The van der Waals surface area contributed by atoms with Crippen LogP contribution in [-0.2, 0) is 17.7 Å². The summed E-state index contributed by atoms with van der Waals surface area (Å²) in [6, 6.07) is 7.92. The number of nitrogens with zero attached hydrogens (tertiary/aromatic N) is 2. The molecular formula is C14H17N3OS. The van der Waals surface area contributed by atoms with Gasteiger partial charge in [0, 0.05) is 38.0 Å². The van der Waals surface area contributed by atoms with Crippen molar-refractivity contribution in [3.8, 4) is 0 Å². The minimum Gasteiger partial charge on any atom is -0.389 e. The highest BCUT2D eigenvalue weighted by molar-refractivity contribution is 7.80. The van der Waals surface area contributed by atoms with Gasteiger partial charge in [0.25, 0.3) is 0 Å². The lowest BCUT2D eigenvalue weighted by Gasteiger charge is -2.11. The highest BCUT2D eigenvalue weighted by Crippen LogP contribution is 2.12. The summed E-state index contributed by atoms with van der Waals surface area (Å²) in [7, 11) is 1.69. The Balaban J connectivity index is 2.22. The van der Waals surface area contributed by atoms with Gasteiger partial charge in [-0.05, 0) is 5.56 Å². The first-order valence-electron chi connectivity index (χ1n) is 6.09. The van der Waals surface area contributed by atoms with E-state index in [1.807, 2.05) is 30.5 Å². The van der Waals surface area contributed by atoms with Crippen molar-refractivity contribution in [2.45, 2.75) is 13.0 Å². The number of methoxy groups -OCH3 is 1. The number of hydrogen-bond donors (Lipinski definition) is 1. The molecule has 0 radical (unpaired) electrons. The fourth-order valence-electron chi connectivity index (χ4n) is 1.99. The van der Waals surface area contributed by atoms with Crippen LogP contribution in [0.15, 0.2) is 36.7 Å². The molecule has 0 aliphatic heterocycles. The molecule has 0 saturated heterocycles. The second-order valence-corrected chi connectivity index (χ2v) is 4.68. The highest BCUT2D eigenvalue weighted by atomic mass is 32.1. The van der Waals surface area contributed by atoms with Crippen molar-refractivity contribution in [2.24, 2.45) is 5.73 Å². The molecule has 0 atom stereocenters. The largest absolute Gasteiger partial charge is 0.389 e. The number of imidazole rings is 1. The Morgan fingerprint density at radius 1 is 1.42 bits per heavy atom. The Hall–Kier alpha value is -1.72. The number of benzene rings is 1. The van der Waals surface area contributed by atoms with E-state index in [2.05, 4.69) is 9.55 Å². The SMILES string of the molecule is COCCc1nccn1Cc1ccccc1C(N)=S. The summed E-state index contributed by atoms with van der Waals surface area (Å²) < 4.78 is 7.18.